The molecule has 17 heavy (non-hydrogen) atoms. The third kappa shape index (κ3) is 3.95. The molecule has 1 aromatic rings. The molecule has 1 aliphatic heterocycles. The molecule has 0 atom stereocenters. The first-order valence-electron chi connectivity index (χ1n) is 5.98. The standard InChI is InChI=1S/C13H17ClFNO/c14-13-2-1-12(15)7-11(13)9-17-8-10-3-5-16-6-4-10/h1-2,7,10,16H,3-6,8-9H2. The molecule has 2 rings (SSSR count). The number of ether oxygens (including phenoxy) is 1. The summed E-state index contributed by atoms with van der Waals surface area (Å²) in [7, 11) is 0. The van der Waals surface area contributed by atoms with Crippen LogP contribution >= 0.6 is 11.6 Å². The van der Waals surface area contributed by atoms with Gasteiger partial charge in [-0.1, -0.05) is 11.6 Å². The summed E-state index contributed by atoms with van der Waals surface area (Å²) in [5, 5.41) is 3.88. The van der Waals surface area contributed by atoms with E-state index in [1.165, 1.54) is 12.1 Å². The fourth-order valence-corrected chi connectivity index (χ4v) is 2.21. The molecule has 0 aliphatic carbocycles. The highest BCUT2D eigenvalue weighted by Gasteiger charge is 2.13. The Hall–Kier alpha value is -0.640. The van der Waals surface area contributed by atoms with E-state index >= 15 is 0 Å². The lowest BCUT2D eigenvalue weighted by Gasteiger charge is -2.22. The van der Waals surface area contributed by atoms with Gasteiger partial charge in [-0.3, -0.25) is 0 Å². The molecule has 0 aromatic heterocycles. The maximum absolute atomic E-state index is 13.0. The van der Waals surface area contributed by atoms with Crippen LogP contribution in [-0.2, 0) is 11.3 Å². The molecular formula is C13H17ClFNO. The summed E-state index contributed by atoms with van der Waals surface area (Å²) in [5.41, 5.74) is 0.723. The molecule has 1 heterocycles. The lowest BCUT2D eigenvalue weighted by molar-refractivity contribution is 0.0762. The first-order chi connectivity index (χ1) is 8.25. The monoisotopic (exact) mass is 257 g/mol. The zero-order valence-electron chi connectivity index (χ0n) is 9.72. The van der Waals surface area contributed by atoms with E-state index in [-0.39, 0.29) is 5.82 Å². The molecule has 94 valence electrons. The van der Waals surface area contributed by atoms with Crippen molar-refractivity contribution >= 4 is 11.6 Å². The van der Waals surface area contributed by atoms with E-state index in [0.29, 0.717) is 17.5 Å². The van der Waals surface area contributed by atoms with Crippen molar-refractivity contribution in [2.75, 3.05) is 19.7 Å². The Kier molecular flexibility index (Phi) is 4.77. The summed E-state index contributed by atoms with van der Waals surface area (Å²) in [6.07, 6.45) is 2.30. The van der Waals surface area contributed by atoms with Crippen LogP contribution in [0.3, 0.4) is 0 Å². The number of hydrogen-bond acceptors (Lipinski definition) is 2. The second kappa shape index (κ2) is 6.34. The van der Waals surface area contributed by atoms with Gasteiger partial charge in [0.1, 0.15) is 5.82 Å². The number of nitrogens with one attached hydrogen (secondary N) is 1. The molecule has 0 radical (unpaired) electrons. The van der Waals surface area contributed by atoms with E-state index in [9.17, 15) is 4.39 Å². The van der Waals surface area contributed by atoms with Gasteiger partial charge in [-0.15, -0.1) is 0 Å². The molecule has 0 bridgehead atoms. The van der Waals surface area contributed by atoms with Crippen LogP contribution in [0, 0.1) is 11.7 Å². The first-order valence-corrected chi connectivity index (χ1v) is 6.36. The van der Waals surface area contributed by atoms with Crippen LogP contribution in [0.1, 0.15) is 18.4 Å². The van der Waals surface area contributed by atoms with Crippen LogP contribution in [0.2, 0.25) is 5.02 Å². The van der Waals surface area contributed by atoms with Crippen molar-refractivity contribution in [2.45, 2.75) is 19.4 Å². The van der Waals surface area contributed by atoms with Gasteiger partial charge in [-0.05, 0) is 55.6 Å². The SMILES string of the molecule is Fc1ccc(Cl)c(COCC2CCNCC2)c1. The molecule has 1 aromatic carbocycles. The van der Waals surface area contributed by atoms with Crippen LogP contribution in [0.5, 0.6) is 0 Å². The van der Waals surface area contributed by atoms with Crippen molar-refractivity contribution in [3.8, 4) is 0 Å². The lowest BCUT2D eigenvalue weighted by Crippen LogP contribution is -2.29. The minimum Gasteiger partial charge on any atom is -0.376 e. The summed E-state index contributed by atoms with van der Waals surface area (Å²) in [6.45, 7) is 3.25. The number of hydrogen-bond donors (Lipinski definition) is 1. The smallest absolute Gasteiger partial charge is 0.123 e. The largest absolute Gasteiger partial charge is 0.376 e. The van der Waals surface area contributed by atoms with Gasteiger partial charge in [0.2, 0.25) is 0 Å². The molecule has 4 heteroatoms. The Morgan fingerprint density at radius 2 is 2.12 bits per heavy atom. The molecule has 1 N–H and O–H groups in total. The molecule has 1 aliphatic rings. The van der Waals surface area contributed by atoms with Crippen molar-refractivity contribution in [2.24, 2.45) is 5.92 Å². The quantitative estimate of drug-likeness (QED) is 0.895. The van der Waals surface area contributed by atoms with Crippen LogP contribution in [0.4, 0.5) is 4.39 Å². The fourth-order valence-electron chi connectivity index (χ4n) is 2.04. The van der Waals surface area contributed by atoms with Crippen LogP contribution in [-0.4, -0.2) is 19.7 Å². The average molecular weight is 258 g/mol. The highest BCUT2D eigenvalue weighted by atomic mass is 35.5. The van der Waals surface area contributed by atoms with Crippen LogP contribution in [0.15, 0.2) is 18.2 Å². The Bertz CT molecular complexity index is 366. The second-order valence-electron chi connectivity index (χ2n) is 4.44. The van der Waals surface area contributed by atoms with Crippen LogP contribution in [0.25, 0.3) is 0 Å². The Labute approximate surface area is 106 Å². The maximum Gasteiger partial charge on any atom is 0.123 e. The zero-order valence-corrected chi connectivity index (χ0v) is 10.5. The second-order valence-corrected chi connectivity index (χ2v) is 4.85. The number of halogens is 2. The summed E-state index contributed by atoms with van der Waals surface area (Å²) < 4.78 is 18.6. The van der Waals surface area contributed by atoms with Crippen molar-refractivity contribution in [1.29, 1.82) is 0 Å². The van der Waals surface area contributed by atoms with Gasteiger partial charge in [-0.25, -0.2) is 4.39 Å². The van der Waals surface area contributed by atoms with Gasteiger partial charge < -0.3 is 10.1 Å². The van der Waals surface area contributed by atoms with Crippen LogP contribution < -0.4 is 5.32 Å². The third-order valence-corrected chi connectivity index (χ3v) is 3.45. The van der Waals surface area contributed by atoms with Gasteiger partial charge in [0.25, 0.3) is 0 Å². The minimum absolute atomic E-state index is 0.269. The Morgan fingerprint density at radius 1 is 1.35 bits per heavy atom. The van der Waals surface area contributed by atoms with E-state index in [2.05, 4.69) is 5.32 Å². The highest BCUT2D eigenvalue weighted by Crippen LogP contribution is 2.19. The van der Waals surface area contributed by atoms with Gasteiger partial charge in [0, 0.05) is 11.6 Å². The van der Waals surface area contributed by atoms with Gasteiger partial charge in [-0.2, -0.15) is 0 Å². The van der Waals surface area contributed by atoms with Crippen molar-refractivity contribution < 1.29 is 9.13 Å². The molecule has 2 nitrogen and oxygen atoms in total. The van der Waals surface area contributed by atoms with E-state index in [4.69, 9.17) is 16.3 Å². The molecule has 0 saturated carbocycles. The Balaban J connectivity index is 1.79. The topological polar surface area (TPSA) is 21.3 Å². The summed E-state index contributed by atoms with van der Waals surface area (Å²) >= 11 is 5.96. The maximum atomic E-state index is 13.0. The van der Waals surface area contributed by atoms with E-state index in [0.717, 1.165) is 38.1 Å². The predicted octanol–water partition coefficient (Wildman–Crippen LogP) is 3.00. The van der Waals surface area contributed by atoms with Crippen molar-refractivity contribution in [3.63, 3.8) is 0 Å². The summed E-state index contributed by atoms with van der Waals surface area (Å²) in [6, 6.07) is 4.36. The minimum atomic E-state index is -0.269. The van der Waals surface area contributed by atoms with Gasteiger partial charge in [0.15, 0.2) is 0 Å². The molecule has 1 fully saturated rings. The normalized spacial score (nSPS) is 17.3. The lowest BCUT2D eigenvalue weighted by atomic mass is 9.99. The molecule has 0 unspecified atom stereocenters. The fraction of sp³-hybridized carbons (Fsp3) is 0.538. The highest BCUT2D eigenvalue weighted by molar-refractivity contribution is 6.31. The van der Waals surface area contributed by atoms with Crippen molar-refractivity contribution in [3.05, 3.63) is 34.6 Å². The zero-order chi connectivity index (χ0) is 12.1. The number of benzene rings is 1. The third-order valence-electron chi connectivity index (χ3n) is 3.08. The molecule has 1 saturated heterocycles. The van der Waals surface area contributed by atoms with Gasteiger partial charge >= 0.3 is 0 Å². The van der Waals surface area contributed by atoms with Crippen molar-refractivity contribution in [1.82, 2.24) is 5.32 Å². The molecule has 0 spiro atoms. The first kappa shape index (κ1) is 12.8. The summed E-state index contributed by atoms with van der Waals surface area (Å²) in [5.74, 6) is 0.346. The van der Waals surface area contributed by atoms with E-state index < -0.39 is 0 Å². The average Bonchev–Trinajstić information content (AvgIpc) is 2.35. The molecular weight excluding hydrogens is 241 g/mol. The number of rotatable bonds is 4. The van der Waals surface area contributed by atoms with E-state index in [1.807, 2.05) is 0 Å². The predicted molar refractivity (Wildman–Crippen MR) is 66.7 cm³/mol. The van der Waals surface area contributed by atoms with E-state index in [1.54, 1.807) is 6.07 Å². The summed E-state index contributed by atoms with van der Waals surface area (Å²) in [4.78, 5) is 0. The number of piperidine rings is 1. The molecule has 0 amide bonds. The Morgan fingerprint density at radius 3 is 2.88 bits per heavy atom. The van der Waals surface area contributed by atoms with Gasteiger partial charge in [0.05, 0.1) is 6.61 Å².